The second kappa shape index (κ2) is 6.21. The van der Waals surface area contributed by atoms with Crippen LogP contribution >= 0.6 is 0 Å². The first-order chi connectivity index (χ1) is 9.51. The molecule has 0 aromatic heterocycles. The molecule has 7 nitrogen and oxygen atoms in total. The van der Waals surface area contributed by atoms with E-state index in [1.54, 1.807) is 27.7 Å². The Morgan fingerprint density at radius 2 is 1.86 bits per heavy atom. The average molecular weight is 321 g/mol. The first kappa shape index (κ1) is 17.7. The number of hydrogen-bond donors (Lipinski definition) is 0. The summed E-state index contributed by atoms with van der Waals surface area (Å²) in [5.41, 5.74) is -0.723. The maximum absolute atomic E-state index is 12.2. The summed E-state index contributed by atoms with van der Waals surface area (Å²) in [6, 6.07) is -0.920. The number of ether oxygens (including phenoxy) is 2. The predicted octanol–water partition coefficient (Wildman–Crippen LogP) is 0.972. The fraction of sp³-hybridized carbons (Fsp3) is 0.846. The Kier molecular flexibility index (Phi) is 5.25. The number of nitrogens with zero attached hydrogens (tertiary/aromatic N) is 1. The van der Waals surface area contributed by atoms with Crippen LogP contribution in [-0.2, 0) is 24.1 Å². The molecule has 2 atom stereocenters. The fourth-order valence-corrected chi connectivity index (χ4v) is 3.51. The quantitative estimate of drug-likeness (QED) is 0.720. The molecular formula is C13H23NO6S. The minimum atomic E-state index is -3.34. The topological polar surface area (TPSA) is 90.0 Å². The van der Waals surface area contributed by atoms with Crippen LogP contribution in [0.2, 0.25) is 0 Å². The maximum Gasteiger partial charge on any atom is 0.411 e. The standard InChI is InChI=1S/C13H23NO6S/c1-6-21(17,18)9-7-10(11(15)19-5)14(8-9)12(16)20-13(2,3)4/h9-10H,6-8H2,1-5H3/t9-,10+/m1/s1. The van der Waals surface area contributed by atoms with Crippen LogP contribution in [0.4, 0.5) is 4.79 Å². The molecule has 0 N–H and O–H groups in total. The highest BCUT2D eigenvalue weighted by Crippen LogP contribution is 2.26. The van der Waals surface area contributed by atoms with E-state index in [0.29, 0.717) is 0 Å². The summed E-state index contributed by atoms with van der Waals surface area (Å²) < 4.78 is 33.8. The third kappa shape index (κ3) is 4.33. The molecule has 1 saturated heterocycles. The maximum atomic E-state index is 12.2. The van der Waals surface area contributed by atoms with Gasteiger partial charge in [0.25, 0.3) is 0 Å². The van der Waals surface area contributed by atoms with Crippen LogP contribution in [0.25, 0.3) is 0 Å². The van der Waals surface area contributed by atoms with Crippen molar-refractivity contribution in [1.82, 2.24) is 4.90 Å². The first-order valence-electron chi connectivity index (χ1n) is 6.81. The van der Waals surface area contributed by atoms with Gasteiger partial charge in [-0.05, 0) is 27.2 Å². The molecule has 1 aliphatic rings. The molecule has 1 heterocycles. The SMILES string of the molecule is CCS(=O)(=O)[C@@H]1C[C@@H](C(=O)OC)N(C(=O)OC(C)(C)C)C1. The number of methoxy groups -OCH3 is 1. The summed E-state index contributed by atoms with van der Waals surface area (Å²) in [4.78, 5) is 25.1. The van der Waals surface area contributed by atoms with Crippen molar-refractivity contribution in [2.45, 2.75) is 51.0 Å². The molecule has 122 valence electrons. The van der Waals surface area contributed by atoms with Gasteiger partial charge in [0.2, 0.25) is 0 Å². The Balaban J connectivity index is 2.99. The zero-order valence-electron chi connectivity index (χ0n) is 13.1. The van der Waals surface area contributed by atoms with E-state index >= 15 is 0 Å². The van der Waals surface area contributed by atoms with Gasteiger partial charge in [-0.3, -0.25) is 4.90 Å². The molecule has 21 heavy (non-hydrogen) atoms. The van der Waals surface area contributed by atoms with Gasteiger partial charge in [0.1, 0.15) is 11.6 Å². The molecule has 8 heteroatoms. The number of rotatable bonds is 3. The van der Waals surface area contributed by atoms with E-state index in [-0.39, 0.29) is 18.7 Å². The van der Waals surface area contributed by atoms with Crippen molar-refractivity contribution >= 4 is 21.9 Å². The van der Waals surface area contributed by atoms with E-state index in [0.717, 1.165) is 4.90 Å². The summed E-state index contributed by atoms with van der Waals surface area (Å²) in [6.45, 7) is 6.60. The fourth-order valence-electron chi connectivity index (χ4n) is 2.18. The molecule has 0 radical (unpaired) electrons. The van der Waals surface area contributed by atoms with Gasteiger partial charge in [0, 0.05) is 12.3 Å². The molecule has 0 spiro atoms. The second-order valence-electron chi connectivity index (χ2n) is 5.98. The van der Waals surface area contributed by atoms with E-state index in [4.69, 9.17) is 4.74 Å². The summed E-state index contributed by atoms with van der Waals surface area (Å²) in [6.07, 6.45) is -0.658. The summed E-state index contributed by atoms with van der Waals surface area (Å²) in [7, 11) is -2.13. The number of carbonyl (C=O) groups excluding carboxylic acids is 2. The first-order valence-corrected chi connectivity index (χ1v) is 8.52. The molecule has 0 saturated carbocycles. The number of carbonyl (C=O) groups is 2. The molecule has 0 aromatic rings. The van der Waals surface area contributed by atoms with Crippen molar-refractivity contribution in [3.05, 3.63) is 0 Å². The molecule has 1 amide bonds. The van der Waals surface area contributed by atoms with Crippen LogP contribution in [0.1, 0.15) is 34.1 Å². The van der Waals surface area contributed by atoms with Crippen LogP contribution in [-0.4, -0.2) is 61.7 Å². The van der Waals surface area contributed by atoms with E-state index in [1.807, 2.05) is 0 Å². The predicted molar refractivity (Wildman–Crippen MR) is 76.6 cm³/mol. The van der Waals surface area contributed by atoms with Crippen molar-refractivity contribution in [2.75, 3.05) is 19.4 Å². The normalized spacial score (nSPS) is 23.0. The monoisotopic (exact) mass is 321 g/mol. The molecule has 0 aromatic carbocycles. The van der Waals surface area contributed by atoms with Crippen LogP contribution in [0.5, 0.6) is 0 Å². The lowest BCUT2D eigenvalue weighted by atomic mass is 10.2. The molecule has 1 fully saturated rings. The van der Waals surface area contributed by atoms with Crippen LogP contribution in [0.3, 0.4) is 0 Å². The Morgan fingerprint density at radius 3 is 2.29 bits per heavy atom. The highest BCUT2D eigenvalue weighted by Gasteiger charge is 2.46. The van der Waals surface area contributed by atoms with Crippen molar-refractivity contribution in [1.29, 1.82) is 0 Å². The lowest BCUT2D eigenvalue weighted by Gasteiger charge is -2.27. The van der Waals surface area contributed by atoms with Gasteiger partial charge in [0.15, 0.2) is 9.84 Å². The number of likely N-dealkylation sites (tertiary alicyclic amines) is 1. The third-order valence-corrected chi connectivity index (χ3v) is 5.44. The zero-order chi connectivity index (χ0) is 16.4. The van der Waals surface area contributed by atoms with Gasteiger partial charge in [-0.1, -0.05) is 6.92 Å². The highest BCUT2D eigenvalue weighted by atomic mass is 32.2. The van der Waals surface area contributed by atoms with Crippen LogP contribution in [0.15, 0.2) is 0 Å². The molecule has 1 aliphatic heterocycles. The van der Waals surface area contributed by atoms with Gasteiger partial charge in [0.05, 0.1) is 12.4 Å². The Morgan fingerprint density at radius 1 is 1.29 bits per heavy atom. The van der Waals surface area contributed by atoms with E-state index in [2.05, 4.69) is 4.74 Å². The van der Waals surface area contributed by atoms with Crippen molar-refractivity contribution in [3.63, 3.8) is 0 Å². The van der Waals surface area contributed by atoms with Gasteiger partial charge in [-0.2, -0.15) is 0 Å². The minimum absolute atomic E-state index is 0.0340. The number of esters is 1. The van der Waals surface area contributed by atoms with E-state index < -0.39 is 38.8 Å². The van der Waals surface area contributed by atoms with Crippen molar-refractivity contribution in [3.8, 4) is 0 Å². The smallest absolute Gasteiger partial charge is 0.411 e. The van der Waals surface area contributed by atoms with Crippen molar-refractivity contribution in [2.24, 2.45) is 0 Å². The second-order valence-corrected chi connectivity index (χ2v) is 8.55. The van der Waals surface area contributed by atoms with Gasteiger partial charge < -0.3 is 9.47 Å². The minimum Gasteiger partial charge on any atom is -0.467 e. The largest absolute Gasteiger partial charge is 0.467 e. The number of amides is 1. The molecular weight excluding hydrogens is 298 g/mol. The third-order valence-electron chi connectivity index (χ3n) is 3.27. The van der Waals surface area contributed by atoms with Gasteiger partial charge in [-0.15, -0.1) is 0 Å². The lowest BCUT2D eigenvalue weighted by Crippen LogP contribution is -2.44. The van der Waals surface area contributed by atoms with E-state index in [1.165, 1.54) is 7.11 Å². The van der Waals surface area contributed by atoms with Crippen LogP contribution in [0, 0.1) is 0 Å². The number of sulfone groups is 1. The van der Waals surface area contributed by atoms with Gasteiger partial charge >= 0.3 is 12.1 Å². The highest BCUT2D eigenvalue weighted by molar-refractivity contribution is 7.92. The van der Waals surface area contributed by atoms with Crippen molar-refractivity contribution < 1.29 is 27.5 Å². The zero-order valence-corrected chi connectivity index (χ0v) is 13.9. The molecule has 0 aliphatic carbocycles. The van der Waals surface area contributed by atoms with Gasteiger partial charge in [-0.25, -0.2) is 18.0 Å². The molecule has 1 rings (SSSR count). The number of hydrogen-bond acceptors (Lipinski definition) is 6. The summed E-state index contributed by atoms with van der Waals surface area (Å²) in [5.74, 6) is -0.664. The van der Waals surface area contributed by atoms with E-state index in [9.17, 15) is 18.0 Å². The summed E-state index contributed by atoms with van der Waals surface area (Å²) >= 11 is 0. The Labute approximate surface area is 125 Å². The molecule has 0 bridgehead atoms. The Hall–Kier alpha value is -1.31. The van der Waals surface area contributed by atoms with Crippen LogP contribution < -0.4 is 0 Å². The lowest BCUT2D eigenvalue weighted by molar-refractivity contribution is -0.145. The summed E-state index contributed by atoms with van der Waals surface area (Å²) in [5, 5.41) is -0.765. The average Bonchev–Trinajstić information content (AvgIpc) is 2.81. The Bertz CT molecular complexity index is 507. The molecule has 0 unspecified atom stereocenters.